The lowest BCUT2D eigenvalue weighted by Gasteiger charge is -2.10. The van der Waals surface area contributed by atoms with Gasteiger partial charge in [0.1, 0.15) is 0 Å². The fourth-order valence-electron chi connectivity index (χ4n) is 2.29. The number of alkyl halides is 3. The SMILES string of the molecule is FC(F)(F)c1cccc(-c2cccc(CNC3CC3)c2)c1. The van der Waals surface area contributed by atoms with E-state index in [0.717, 1.165) is 23.7 Å². The molecule has 3 rings (SSSR count). The first-order valence-corrected chi connectivity index (χ1v) is 7.02. The van der Waals surface area contributed by atoms with Crippen LogP contribution in [0.2, 0.25) is 0 Å². The van der Waals surface area contributed by atoms with Crippen LogP contribution in [0.4, 0.5) is 13.2 Å². The Labute approximate surface area is 121 Å². The summed E-state index contributed by atoms with van der Waals surface area (Å²) >= 11 is 0. The molecule has 0 aliphatic heterocycles. The largest absolute Gasteiger partial charge is 0.416 e. The fraction of sp³-hybridized carbons (Fsp3) is 0.294. The quantitative estimate of drug-likeness (QED) is 0.866. The highest BCUT2D eigenvalue weighted by molar-refractivity contribution is 5.65. The minimum absolute atomic E-state index is 0.595. The molecule has 110 valence electrons. The van der Waals surface area contributed by atoms with Crippen molar-refractivity contribution >= 4 is 0 Å². The second-order valence-corrected chi connectivity index (χ2v) is 5.43. The number of halogens is 3. The molecule has 1 aliphatic rings. The first-order chi connectivity index (χ1) is 10.0. The van der Waals surface area contributed by atoms with E-state index in [9.17, 15) is 13.2 Å². The van der Waals surface area contributed by atoms with Crippen molar-refractivity contribution in [1.82, 2.24) is 5.32 Å². The Morgan fingerprint density at radius 1 is 0.952 bits per heavy atom. The maximum absolute atomic E-state index is 12.8. The highest BCUT2D eigenvalue weighted by Crippen LogP contribution is 2.32. The van der Waals surface area contributed by atoms with Crippen LogP contribution in [0.25, 0.3) is 11.1 Å². The van der Waals surface area contributed by atoms with Crippen LogP contribution in [0.3, 0.4) is 0 Å². The number of hydrogen-bond donors (Lipinski definition) is 1. The van der Waals surface area contributed by atoms with Gasteiger partial charge >= 0.3 is 6.18 Å². The van der Waals surface area contributed by atoms with Crippen molar-refractivity contribution in [3.8, 4) is 11.1 Å². The van der Waals surface area contributed by atoms with Crippen LogP contribution in [-0.2, 0) is 12.7 Å². The zero-order valence-corrected chi connectivity index (χ0v) is 11.5. The van der Waals surface area contributed by atoms with E-state index in [1.54, 1.807) is 6.07 Å². The summed E-state index contributed by atoms with van der Waals surface area (Å²) in [7, 11) is 0. The highest BCUT2D eigenvalue weighted by atomic mass is 19.4. The first kappa shape index (κ1) is 14.1. The second-order valence-electron chi connectivity index (χ2n) is 5.43. The van der Waals surface area contributed by atoms with Crippen LogP contribution in [0.1, 0.15) is 24.0 Å². The maximum atomic E-state index is 12.8. The molecule has 0 amide bonds. The van der Waals surface area contributed by atoms with Gasteiger partial charge in [-0.3, -0.25) is 0 Å². The van der Waals surface area contributed by atoms with Gasteiger partial charge < -0.3 is 5.32 Å². The Morgan fingerprint density at radius 3 is 2.29 bits per heavy atom. The van der Waals surface area contributed by atoms with Gasteiger partial charge in [-0.2, -0.15) is 13.2 Å². The lowest BCUT2D eigenvalue weighted by molar-refractivity contribution is -0.137. The van der Waals surface area contributed by atoms with E-state index in [0.29, 0.717) is 11.6 Å². The third-order valence-corrected chi connectivity index (χ3v) is 3.62. The van der Waals surface area contributed by atoms with Gasteiger partial charge in [0.15, 0.2) is 0 Å². The van der Waals surface area contributed by atoms with Crippen molar-refractivity contribution in [3.63, 3.8) is 0 Å². The lowest BCUT2D eigenvalue weighted by atomic mass is 10.0. The lowest BCUT2D eigenvalue weighted by Crippen LogP contribution is -2.15. The van der Waals surface area contributed by atoms with Gasteiger partial charge in [-0.05, 0) is 47.7 Å². The van der Waals surface area contributed by atoms with E-state index in [2.05, 4.69) is 5.32 Å². The summed E-state index contributed by atoms with van der Waals surface area (Å²) in [4.78, 5) is 0. The third-order valence-electron chi connectivity index (χ3n) is 3.62. The summed E-state index contributed by atoms with van der Waals surface area (Å²) in [6, 6.07) is 13.8. The summed E-state index contributed by atoms with van der Waals surface area (Å²) in [5, 5.41) is 3.41. The van der Waals surface area contributed by atoms with Gasteiger partial charge in [0, 0.05) is 12.6 Å². The van der Waals surface area contributed by atoms with Crippen molar-refractivity contribution in [2.75, 3.05) is 0 Å². The molecular weight excluding hydrogens is 275 g/mol. The smallest absolute Gasteiger partial charge is 0.310 e. The number of benzene rings is 2. The minimum atomic E-state index is -4.30. The molecule has 0 heterocycles. The predicted octanol–water partition coefficient (Wildman–Crippen LogP) is 4.62. The Balaban J connectivity index is 1.83. The Morgan fingerprint density at radius 2 is 1.62 bits per heavy atom. The van der Waals surface area contributed by atoms with Gasteiger partial charge in [0.25, 0.3) is 0 Å². The molecule has 0 saturated heterocycles. The zero-order chi connectivity index (χ0) is 14.9. The van der Waals surface area contributed by atoms with Crippen LogP contribution < -0.4 is 5.32 Å². The molecule has 1 fully saturated rings. The molecule has 1 saturated carbocycles. The van der Waals surface area contributed by atoms with Gasteiger partial charge in [0.2, 0.25) is 0 Å². The highest BCUT2D eigenvalue weighted by Gasteiger charge is 2.30. The third kappa shape index (κ3) is 3.64. The molecule has 0 radical (unpaired) electrons. The number of rotatable bonds is 4. The molecule has 2 aromatic rings. The Kier molecular flexibility index (Phi) is 3.72. The van der Waals surface area contributed by atoms with E-state index >= 15 is 0 Å². The molecule has 0 bridgehead atoms. The van der Waals surface area contributed by atoms with E-state index in [-0.39, 0.29) is 0 Å². The van der Waals surface area contributed by atoms with E-state index < -0.39 is 11.7 Å². The van der Waals surface area contributed by atoms with Crippen molar-refractivity contribution in [3.05, 3.63) is 59.7 Å². The molecule has 1 nitrogen and oxygen atoms in total. The Bertz CT molecular complexity index is 630. The summed E-state index contributed by atoms with van der Waals surface area (Å²) in [5.74, 6) is 0. The summed E-state index contributed by atoms with van der Waals surface area (Å²) in [6.45, 7) is 0.761. The molecule has 21 heavy (non-hydrogen) atoms. The average Bonchev–Trinajstić information content (AvgIpc) is 3.29. The molecule has 0 atom stereocenters. The van der Waals surface area contributed by atoms with E-state index in [4.69, 9.17) is 0 Å². The van der Waals surface area contributed by atoms with Crippen LogP contribution in [0.5, 0.6) is 0 Å². The molecule has 1 aliphatic carbocycles. The number of hydrogen-bond acceptors (Lipinski definition) is 1. The van der Waals surface area contributed by atoms with E-state index in [1.165, 1.54) is 25.0 Å². The fourth-order valence-corrected chi connectivity index (χ4v) is 2.29. The van der Waals surface area contributed by atoms with Crippen molar-refractivity contribution in [2.45, 2.75) is 31.6 Å². The van der Waals surface area contributed by atoms with Crippen molar-refractivity contribution in [1.29, 1.82) is 0 Å². The molecule has 0 unspecified atom stereocenters. The molecule has 0 aromatic heterocycles. The molecule has 0 spiro atoms. The van der Waals surface area contributed by atoms with E-state index in [1.807, 2.05) is 24.3 Å². The maximum Gasteiger partial charge on any atom is 0.416 e. The van der Waals surface area contributed by atoms with Crippen molar-refractivity contribution < 1.29 is 13.2 Å². The molecule has 1 N–H and O–H groups in total. The summed E-state index contributed by atoms with van der Waals surface area (Å²) in [6.07, 6.45) is -1.87. The summed E-state index contributed by atoms with van der Waals surface area (Å²) in [5.41, 5.74) is 1.90. The summed E-state index contributed by atoms with van der Waals surface area (Å²) < 4.78 is 38.3. The van der Waals surface area contributed by atoms with Gasteiger partial charge in [-0.25, -0.2) is 0 Å². The van der Waals surface area contributed by atoms with Gasteiger partial charge in [-0.15, -0.1) is 0 Å². The second kappa shape index (κ2) is 5.53. The van der Waals surface area contributed by atoms with Crippen molar-refractivity contribution in [2.24, 2.45) is 0 Å². The topological polar surface area (TPSA) is 12.0 Å². The average molecular weight is 291 g/mol. The predicted molar refractivity (Wildman–Crippen MR) is 76.7 cm³/mol. The molecule has 4 heteroatoms. The van der Waals surface area contributed by atoms with Gasteiger partial charge in [-0.1, -0.05) is 30.3 Å². The monoisotopic (exact) mass is 291 g/mol. The van der Waals surface area contributed by atoms with Gasteiger partial charge in [0.05, 0.1) is 5.56 Å². The molecular formula is C17H16F3N. The number of nitrogens with one attached hydrogen (secondary N) is 1. The van der Waals surface area contributed by atoms with Crippen LogP contribution in [0, 0.1) is 0 Å². The standard InChI is InChI=1S/C17H16F3N/c18-17(19,20)15-6-2-5-14(10-15)13-4-1-3-12(9-13)11-21-16-7-8-16/h1-6,9-10,16,21H,7-8,11H2. The molecule has 2 aromatic carbocycles. The van der Waals surface area contributed by atoms with Crippen LogP contribution >= 0.6 is 0 Å². The normalized spacial score (nSPS) is 15.2. The minimum Gasteiger partial charge on any atom is -0.310 e. The van der Waals surface area contributed by atoms with Crippen LogP contribution in [0.15, 0.2) is 48.5 Å². The first-order valence-electron chi connectivity index (χ1n) is 7.02. The van der Waals surface area contributed by atoms with Crippen LogP contribution in [-0.4, -0.2) is 6.04 Å². The zero-order valence-electron chi connectivity index (χ0n) is 11.5. The Hall–Kier alpha value is -1.81.